The Bertz CT molecular complexity index is 574. The second-order valence-electron chi connectivity index (χ2n) is 6.72. The molecule has 7 heteroatoms. The Kier molecular flexibility index (Phi) is 4.63. The molecule has 2 fully saturated rings. The van der Waals surface area contributed by atoms with Gasteiger partial charge in [-0.25, -0.2) is 9.48 Å². The van der Waals surface area contributed by atoms with Crippen LogP contribution in [0, 0.1) is 5.92 Å². The fourth-order valence-electron chi connectivity index (χ4n) is 3.58. The van der Waals surface area contributed by atoms with Crippen LogP contribution in [-0.2, 0) is 11.3 Å². The first-order chi connectivity index (χ1) is 11.1. The molecule has 1 amide bonds. The lowest BCUT2D eigenvalue weighted by atomic mass is 9.84. The number of carbonyl (C=O) groups excluding carboxylic acids is 1. The number of carboxylic acid groups (broad SMARTS) is 1. The number of nitrogens with zero attached hydrogens (tertiary/aromatic N) is 4. The molecule has 0 unspecified atom stereocenters. The number of rotatable bonds is 6. The molecule has 1 N–H and O–H groups in total. The minimum atomic E-state index is -1.12. The van der Waals surface area contributed by atoms with Crippen LogP contribution < -0.4 is 0 Å². The highest BCUT2D eigenvalue weighted by molar-refractivity contribution is 5.84. The van der Waals surface area contributed by atoms with E-state index in [1.807, 2.05) is 4.90 Å². The lowest BCUT2D eigenvalue weighted by Crippen LogP contribution is -2.45. The van der Waals surface area contributed by atoms with E-state index >= 15 is 0 Å². The highest BCUT2D eigenvalue weighted by Crippen LogP contribution is 2.36. The van der Waals surface area contributed by atoms with Crippen molar-refractivity contribution in [2.24, 2.45) is 5.92 Å². The van der Waals surface area contributed by atoms with Crippen molar-refractivity contribution in [3.8, 4) is 0 Å². The minimum Gasteiger partial charge on any atom is -0.476 e. The summed E-state index contributed by atoms with van der Waals surface area (Å²) in [6, 6.07) is 0.702. The third-order valence-corrected chi connectivity index (χ3v) is 5.07. The van der Waals surface area contributed by atoms with Crippen LogP contribution in [0.1, 0.15) is 62.4 Å². The number of amides is 1. The van der Waals surface area contributed by atoms with Gasteiger partial charge in [0.2, 0.25) is 5.91 Å². The van der Waals surface area contributed by atoms with E-state index in [1.165, 1.54) is 30.1 Å². The van der Waals surface area contributed by atoms with Gasteiger partial charge in [0.25, 0.3) is 0 Å². The van der Waals surface area contributed by atoms with Gasteiger partial charge in [-0.15, -0.1) is 5.10 Å². The van der Waals surface area contributed by atoms with Crippen LogP contribution in [0.4, 0.5) is 0 Å². The minimum absolute atomic E-state index is 0.0364. The first kappa shape index (κ1) is 16.0. The van der Waals surface area contributed by atoms with Gasteiger partial charge >= 0.3 is 5.97 Å². The molecule has 1 aromatic heterocycles. The molecular weight excluding hydrogens is 296 g/mol. The van der Waals surface area contributed by atoms with Crippen molar-refractivity contribution in [3.05, 3.63) is 11.9 Å². The van der Waals surface area contributed by atoms with Crippen LogP contribution in [-0.4, -0.2) is 49.0 Å². The van der Waals surface area contributed by atoms with Crippen LogP contribution >= 0.6 is 0 Å². The van der Waals surface area contributed by atoms with E-state index in [9.17, 15) is 9.59 Å². The Balaban J connectivity index is 1.63. The van der Waals surface area contributed by atoms with E-state index in [1.54, 1.807) is 0 Å². The quantitative estimate of drug-likeness (QED) is 0.865. The van der Waals surface area contributed by atoms with Crippen LogP contribution in [0.5, 0.6) is 0 Å². The highest BCUT2D eigenvalue weighted by Gasteiger charge is 2.38. The Hall–Kier alpha value is -1.92. The molecule has 0 saturated heterocycles. The van der Waals surface area contributed by atoms with Crippen LogP contribution in [0.2, 0.25) is 0 Å². The Morgan fingerprint density at radius 3 is 2.30 bits per heavy atom. The van der Waals surface area contributed by atoms with Crippen LogP contribution in [0.15, 0.2) is 6.20 Å². The molecule has 23 heavy (non-hydrogen) atoms. The third kappa shape index (κ3) is 3.71. The van der Waals surface area contributed by atoms with Crippen molar-refractivity contribution < 1.29 is 14.7 Å². The second kappa shape index (κ2) is 6.68. The highest BCUT2D eigenvalue weighted by atomic mass is 16.4. The molecule has 0 radical (unpaired) electrons. The normalized spacial score (nSPS) is 24.4. The van der Waals surface area contributed by atoms with Gasteiger partial charge in [-0.05, 0) is 44.4 Å². The Labute approximate surface area is 135 Å². The molecule has 7 nitrogen and oxygen atoms in total. The molecule has 0 spiro atoms. The number of aromatic nitrogens is 3. The van der Waals surface area contributed by atoms with Crippen molar-refractivity contribution in [3.63, 3.8) is 0 Å². The van der Waals surface area contributed by atoms with E-state index in [0.717, 1.165) is 31.6 Å². The zero-order valence-corrected chi connectivity index (χ0v) is 13.5. The molecule has 0 atom stereocenters. The molecule has 2 aliphatic rings. The zero-order valence-electron chi connectivity index (χ0n) is 13.5. The van der Waals surface area contributed by atoms with E-state index in [-0.39, 0.29) is 18.1 Å². The largest absolute Gasteiger partial charge is 0.476 e. The van der Waals surface area contributed by atoms with Crippen molar-refractivity contribution in [2.45, 2.75) is 70.5 Å². The standard InChI is InChI=1S/C16H24N4O3/c1-2-11-3-5-12(6-4-11)20(13-7-8-13)15(21)10-19-9-14(16(22)23)17-18-19/h9,11-13H,2-8,10H2,1H3,(H,22,23). The maximum absolute atomic E-state index is 12.7. The molecule has 1 aromatic rings. The molecule has 0 aromatic carbocycles. The SMILES string of the molecule is CCC1CCC(N(C(=O)Cn2cc(C(=O)O)nn2)C2CC2)CC1. The number of carboxylic acids is 1. The van der Waals surface area contributed by atoms with Crippen molar-refractivity contribution in [1.29, 1.82) is 0 Å². The van der Waals surface area contributed by atoms with Gasteiger partial charge < -0.3 is 10.0 Å². The average Bonchev–Trinajstić information content (AvgIpc) is 3.25. The summed E-state index contributed by atoms with van der Waals surface area (Å²) in [6.45, 7) is 2.31. The summed E-state index contributed by atoms with van der Waals surface area (Å²) in [5.41, 5.74) is -0.126. The number of carbonyl (C=O) groups is 2. The summed E-state index contributed by atoms with van der Waals surface area (Å²) in [5, 5.41) is 16.2. The van der Waals surface area contributed by atoms with Gasteiger partial charge in [-0.1, -0.05) is 18.6 Å². The van der Waals surface area contributed by atoms with Gasteiger partial charge in [-0.2, -0.15) is 0 Å². The Morgan fingerprint density at radius 2 is 1.83 bits per heavy atom. The first-order valence-electron chi connectivity index (χ1n) is 8.53. The molecule has 0 bridgehead atoms. The fraction of sp³-hybridized carbons (Fsp3) is 0.750. The molecule has 2 aliphatic carbocycles. The second-order valence-corrected chi connectivity index (χ2v) is 6.72. The third-order valence-electron chi connectivity index (χ3n) is 5.07. The molecule has 126 valence electrons. The molecule has 0 aliphatic heterocycles. The van der Waals surface area contributed by atoms with Crippen molar-refractivity contribution in [1.82, 2.24) is 19.9 Å². The van der Waals surface area contributed by atoms with Gasteiger partial charge in [-0.3, -0.25) is 4.79 Å². The monoisotopic (exact) mass is 320 g/mol. The summed E-state index contributed by atoms with van der Waals surface area (Å²) in [5.74, 6) is -0.286. The van der Waals surface area contributed by atoms with E-state index < -0.39 is 5.97 Å². The zero-order chi connectivity index (χ0) is 16.4. The molecule has 2 saturated carbocycles. The topological polar surface area (TPSA) is 88.3 Å². The maximum atomic E-state index is 12.7. The van der Waals surface area contributed by atoms with Crippen molar-refractivity contribution in [2.75, 3.05) is 0 Å². The summed E-state index contributed by atoms with van der Waals surface area (Å²) in [6.07, 6.45) is 9.26. The predicted molar refractivity (Wildman–Crippen MR) is 82.9 cm³/mol. The van der Waals surface area contributed by atoms with Crippen LogP contribution in [0.3, 0.4) is 0 Å². The van der Waals surface area contributed by atoms with Gasteiger partial charge in [0.05, 0.1) is 6.20 Å². The van der Waals surface area contributed by atoms with Gasteiger partial charge in [0.15, 0.2) is 5.69 Å². The smallest absolute Gasteiger partial charge is 0.358 e. The van der Waals surface area contributed by atoms with E-state index in [0.29, 0.717) is 12.1 Å². The van der Waals surface area contributed by atoms with Crippen molar-refractivity contribution >= 4 is 11.9 Å². The lowest BCUT2D eigenvalue weighted by Gasteiger charge is -2.37. The summed E-state index contributed by atoms with van der Waals surface area (Å²) < 4.78 is 1.33. The maximum Gasteiger partial charge on any atom is 0.358 e. The molecule has 1 heterocycles. The number of hydrogen-bond acceptors (Lipinski definition) is 4. The van der Waals surface area contributed by atoms with Gasteiger partial charge in [0, 0.05) is 12.1 Å². The van der Waals surface area contributed by atoms with E-state index in [2.05, 4.69) is 17.2 Å². The van der Waals surface area contributed by atoms with Gasteiger partial charge in [0.1, 0.15) is 6.54 Å². The average molecular weight is 320 g/mol. The lowest BCUT2D eigenvalue weighted by molar-refractivity contribution is -0.136. The molecule has 3 rings (SSSR count). The summed E-state index contributed by atoms with van der Waals surface area (Å²) >= 11 is 0. The van der Waals surface area contributed by atoms with E-state index in [4.69, 9.17) is 5.11 Å². The first-order valence-corrected chi connectivity index (χ1v) is 8.53. The number of aromatic carboxylic acids is 1. The Morgan fingerprint density at radius 1 is 1.22 bits per heavy atom. The predicted octanol–water partition coefficient (Wildman–Crippen LogP) is 1.94. The van der Waals surface area contributed by atoms with Crippen LogP contribution in [0.25, 0.3) is 0 Å². The number of hydrogen-bond donors (Lipinski definition) is 1. The summed E-state index contributed by atoms with van der Waals surface area (Å²) in [7, 11) is 0. The molecular formula is C16H24N4O3. The fourth-order valence-corrected chi connectivity index (χ4v) is 3.58. The summed E-state index contributed by atoms with van der Waals surface area (Å²) in [4.78, 5) is 25.6.